The molecule has 0 spiro atoms. The molecule has 18 heavy (non-hydrogen) atoms. The predicted molar refractivity (Wildman–Crippen MR) is 70.0 cm³/mol. The van der Waals surface area contributed by atoms with E-state index in [4.69, 9.17) is 5.26 Å². The average Bonchev–Trinajstić information content (AvgIpc) is 2.39. The molecule has 1 N–H and O–H groups in total. The summed E-state index contributed by atoms with van der Waals surface area (Å²) in [6, 6.07) is 11.5. The van der Waals surface area contributed by atoms with Gasteiger partial charge in [0.05, 0.1) is 23.4 Å². The molecular formula is C14H14N4. The van der Waals surface area contributed by atoms with Crippen LogP contribution in [0.25, 0.3) is 0 Å². The average molecular weight is 238 g/mol. The molecule has 0 bridgehead atoms. The zero-order valence-electron chi connectivity index (χ0n) is 10.4. The topological polar surface area (TPSA) is 61.6 Å². The molecule has 2 aromatic heterocycles. The van der Waals surface area contributed by atoms with E-state index in [-0.39, 0.29) is 6.04 Å². The number of aromatic nitrogens is 2. The summed E-state index contributed by atoms with van der Waals surface area (Å²) in [7, 11) is 0. The van der Waals surface area contributed by atoms with E-state index in [1.165, 1.54) is 0 Å². The number of nitrogens with zero attached hydrogens (tertiary/aromatic N) is 3. The van der Waals surface area contributed by atoms with Crippen LogP contribution in [0.15, 0.2) is 36.5 Å². The first-order valence-corrected chi connectivity index (χ1v) is 5.75. The predicted octanol–water partition coefficient (Wildman–Crippen LogP) is 2.83. The minimum absolute atomic E-state index is 0.0482. The molecule has 0 aliphatic rings. The minimum Gasteiger partial charge on any atom is -0.362 e. The van der Waals surface area contributed by atoms with Gasteiger partial charge in [-0.1, -0.05) is 6.07 Å². The number of aryl methyl sites for hydroxylation is 1. The van der Waals surface area contributed by atoms with E-state index in [1.54, 1.807) is 18.3 Å². The maximum Gasteiger partial charge on any atom is 0.128 e. The Labute approximate surface area is 106 Å². The first-order valence-electron chi connectivity index (χ1n) is 5.75. The van der Waals surface area contributed by atoms with Gasteiger partial charge in [0.1, 0.15) is 5.82 Å². The molecule has 0 aromatic carbocycles. The second-order valence-electron chi connectivity index (χ2n) is 4.11. The van der Waals surface area contributed by atoms with Crippen LogP contribution in [0, 0.1) is 18.3 Å². The lowest BCUT2D eigenvalue weighted by molar-refractivity contribution is 0.830. The van der Waals surface area contributed by atoms with Crippen LogP contribution in [0.3, 0.4) is 0 Å². The van der Waals surface area contributed by atoms with E-state index in [9.17, 15) is 0 Å². The molecule has 1 atom stereocenters. The van der Waals surface area contributed by atoms with Gasteiger partial charge < -0.3 is 5.32 Å². The molecule has 0 radical (unpaired) electrons. The summed E-state index contributed by atoms with van der Waals surface area (Å²) >= 11 is 0. The van der Waals surface area contributed by atoms with Gasteiger partial charge in [0, 0.05) is 11.9 Å². The van der Waals surface area contributed by atoms with Gasteiger partial charge in [-0.05, 0) is 38.1 Å². The molecule has 0 saturated carbocycles. The van der Waals surface area contributed by atoms with Crippen molar-refractivity contribution in [2.75, 3.05) is 5.32 Å². The molecule has 2 heterocycles. The molecule has 2 rings (SSSR count). The second kappa shape index (κ2) is 5.28. The van der Waals surface area contributed by atoms with Crippen LogP contribution in [0.5, 0.6) is 0 Å². The summed E-state index contributed by atoms with van der Waals surface area (Å²) in [5, 5.41) is 12.2. The quantitative estimate of drug-likeness (QED) is 0.893. The number of hydrogen-bond donors (Lipinski definition) is 1. The summed E-state index contributed by atoms with van der Waals surface area (Å²) in [5.74, 6) is 0.699. The van der Waals surface area contributed by atoms with Crippen molar-refractivity contribution in [2.24, 2.45) is 0 Å². The lowest BCUT2D eigenvalue weighted by atomic mass is 10.2. The van der Waals surface area contributed by atoms with Crippen LogP contribution in [-0.2, 0) is 0 Å². The number of nitriles is 1. The highest BCUT2D eigenvalue weighted by molar-refractivity contribution is 5.45. The molecule has 2 aromatic rings. The Balaban J connectivity index is 2.20. The van der Waals surface area contributed by atoms with Crippen LogP contribution < -0.4 is 5.32 Å². The Morgan fingerprint density at radius 2 is 2.17 bits per heavy atom. The molecule has 0 amide bonds. The summed E-state index contributed by atoms with van der Waals surface area (Å²) in [4.78, 5) is 8.64. The maximum absolute atomic E-state index is 8.92. The fourth-order valence-corrected chi connectivity index (χ4v) is 1.73. The van der Waals surface area contributed by atoms with Crippen molar-refractivity contribution in [3.8, 4) is 6.07 Å². The Morgan fingerprint density at radius 1 is 1.33 bits per heavy atom. The fraction of sp³-hybridized carbons (Fsp3) is 0.214. The Kier molecular flexibility index (Phi) is 3.54. The van der Waals surface area contributed by atoms with E-state index < -0.39 is 0 Å². The van der Waals surface area contributed by atoms with Crippen molar-refractivity contribution < 1.29 is 0 Å². The van der Waals surface area contributed by atoms with Crippen LogP contribution in [0.2, 0.25) is 0 Å². The molecule has 0 fully saturated rings. The number of nitrogens with one attached hydrogen (secondary N) is 1. The first kappa shape index (κ1) is 12.1. The largest absolute Gasteiger partial charge is 0.362 e. The summed E-state index contributed by atoms with van der Waals surface area (Å²) in [5.41, 5.74) is 2.38. The number of anilines is 1. The van der Waals surface area contributed by atoms with Crippen molar-refractivity contribution in [1.82, 2.24) is 9.97 Å². The zero-order valence-corrected chi connectivity index (χ0v) is 10.4. The van der Waals surface area contributed by atoms with Crippen LogP contribution in [0.1, 0.15) is 29.9 Å². The molecular weight excluding hydrogens is 224 g/mol. The zero-order chi connectivity index (χ0) is 13.0. The maximum atomic E-state index is 8.92. The highest BCUT2D eigenvalue weighted by Gasteiger charge is 2.07. The lowest BCUT2D eigenvalue weighted by Gasteiger charge is -2.14. The van der Waals surface area contributed by atoms with Crippen molar-refractivity contribution >= 4 is 5.82 Å². The van der Waals surface area contributed by atoms with E-state index in [0.29, 0.717) is 11.4 Å². The van der Waals surface area contributed by atoms with Crippen molar-refractivity contribution in [3.63, 3.8) is 0 Å². The van der Waals surface area contributed by atoms with E-state index in [1.807, 2.05) is 32.0 Å². The monoisotopic (exact) mass is 238 g/mol. The third-order valence-corrected chi connectivity index (χ3v) is 2.58. The molecule has 0 aliphatic heterocycles. The van der Waals surface area contributed by atoms with Gasteiger partial charge in [-0.3, -0.25) is 4.98 Å². The SMILES string of the molecule is Cc1cc(C#N)cc(NC(C)c2ccccn2)n1. The van der Waals surface area contributed by atoms with E-state index >= 15 is 0 Å². The van der Waals surface area contributed by atoms with Crippen LogP contribution in [-0.4, -0.2) is 9.97 Å². The van der Waals surface area contributed by atoms with Gasteiger partial charge in [-0.25, -0.2) is 4.98 Å². The highest BCUT2D eigenvalue weighted by atomic mass is 15.0. The minimum atomic E-state index is 0.0482. The van der Waals surface area contributed by atoms with E-state index in [2.05, 4.69) is 21.4 Å². The lowest BCUT2D eigenvalue weighted by Crippen LogP contribution is -2.09. The van der Waals surface area contributed by atoms with Gasteiger partial charge in [0.2, 0.25) is 0 Å². The molecule has 4 heteroatoms. The van der Waals surface area contributed by atoms with Crippen molar-refractivity contribution in [3.05, 3.63) is 53.5 Å². The number of pyridine rings is 2. The van der Waals surface area contributed by atoms with E-state index in [0.717, 1.165) is 11.4 Å². The third kappa shape index (κ3) is 2.83. The molecule has 90 valence electrons. The Bertz CT molecular complexity index is 572. The second-order valence-corrected chi connectivity index (χ2v) is 4.11. The summed E-state index contributed by atoms with van der Waals surface area (Å²) in [6.45, 7) is 3.88. The van der Waals surface area contributed by atoms with Gasteiger partial charge in [-0.15, -0.1) is 0 Å². The fourth-order valence-electron chi connectivity index (χ4n) is 1.73. The van der Waals surface area contributed by atoms with Gasteiger partial charge in [0.25, 0.3) is 0 Å². The Morgan fingerprint density at radius 3 is 2.83 bits per heavy atom. The first-order chi connectivity index (χ1) is 8.69. The van der Waals surface area contributed by atoms with Gasteiger partial charge in [0.15, 0.2) is 0 Å². The smallest absolute Gasteiger partial charge is 0.128 e. The molecule has 0 saturated heterocycles. The summed E-state index contributed by atoms with van der Waals surface area (Å²) < 4.78 is 0. The van der Waals surface area contributed by atoms with Crippen LogP contribution >= 0.6 is 0 Å². The number of hydrogen-bond acceptors (Lipinski definition) is 4. The molecule has 4 nitrogen and oxygen atoms in total. The molecule has 0 aliphatic carbocycles. The van der Waals surface area contributed by atoms with Gasteiger partial charge >= 0.3 is 0 Å². The van der Waals surface area contributed by atoms with Crippen molar-refractivity contribution in [2.45, 2.75) is 19.9 Å². The Hall–Kier alpha value is -2.41. The normalized spacial score (nSPS) is 11.6. The number of rotatable bonds is 3. The van der Waals surface area contributed by atoms with Gasteiger partial charge in [-0.2, -0.15) is 5.26 Å². The van der Waals surface area contributed by atoms with Crippen molar-refractivity contribution in [1.29, 1.82) is 5.26 Å². The van der Waals surface area contributed by atoms with Crippen LogP contribution in [0.4, 0.5) is 5.82 Å². The summed E-state index contributed by atoms with van der Waals surface area (Å²) in [6.07, 6.45) is 1.76. The highest BCUT2D eigenvalue weighted by Crippen LogP contribution is 2.17. The standard InChI is InChI=1S/C14H14N4/c1-10-7-12(9-15)8-14(17-10)18-11(2)13-5-3-4-6-16-13/h3-8,11H,1-2H3,(H,17,18). The molecule has 1 unspecified atom stereocenters. The third-order valence-electron chi connectivity index (χ3n) is 2.58.